The van der Waals surface area contributed by atoms with Crippen molar-refractivity contribution in [3.05, 3.63) is 0 Å². The molecule has 0 bridgehead atoms. The predicted molar refractivity (Wildman–Crippen MR) is 91.6 cm³/mol. The first-order chi connectivity index (χ1) is 11.7. The van der Waals surface area contributed by atoms with Gasteiger partial charge in [-0.3, -0.25) is 9.59 Å². The summed E-state index contributed by atoms with van der Waals surface area (Å²) in [5.74, 6) is 0.436. The van der Waals surface area contributed by atoms with Crippen LogP contribution in [-0.2, 0) is 14.3 Å². The van der Waals surface area contributed by atoms with Crippen molar-refractivity contribution in [2.45, 2.75) is 57.5 Å². The Hall–Kier alpha value is -1.14. The number of piperidine rings is 1. The van der Waals surface area contributed by atoms with Crippen LogP contribution in [0, 0.1) is 5.92 Å². The number of ether oxygens (including phenoxy) is 1. The summed E-state index contributed by atoms with van der Waals surface area (Å²) >= 11 is 0. The normalized spacial score (nSPS) is 27.6. The fourth-order valence-corrected chi connectivity index (χ4v) is 4.25. The van der Waals surface area contributed by atoms with Gasteiger partial charge in [-0.25, -0.2) is 0 Å². The van der Waals surface area contributed by atoms with Crippen LogP contribution >= 0.6 is 0 Å². The smallest absolute Gasteiger partial charge is 0.224 e. The monoisotopic (exact) mass is 337 g/mol. The van der Waals surface area contributed by atoms with Crippen molar-refractivity contribution in [3.8, 4) is 0 Å². The van der Waals surface area contributed by atoms with Gasteiger partial charge in [-0.05, 0) is 45.2 Å². The van der Waals surface area contributed by atoms with Crippen LogP contribution in [0.4, 0.5) is 0 Å². The Balaban J connectivity index is 1.41. The van der Waals surface area contributed by atoms with E-state index < -0.39 is 0 Å². The summed E-state index contributed by atoms with van der Waals surface area (Å²) in [6.07, 6.45) is 5.54. The fourth-order valence-electron chi connectivity index (χ4n) is 4.25. The Morgan fingerprint density at radius 3 is 2.58 bits per heavy atom. The van der Waals surface area contributed by atoms with Crippen LogP contribution in [0.2, 0.25) is 0 Å². The quantitative estimate of drug-likeness (QED) is 0.813. The van der Waals surface area contributed by atoms with Gasteiger partial charge in [-0.15, -0.1) is 0 Å². The van der Waals surface area contributed by atoms with Gasteiger partial charge in [0.1, 0.15) is 0 Å². The zero-order valence-corrected chi connectivity index (χ0v) is 14.8. The molecule has 3 aliphatic rings. The number of hydrogen-bond donors (Lipinski definition) is 1. The zero-order valence-electron chi connectivity index (χ0n) is 14.8. The van der Waals surface area contributed by atoms with Gasteiger partial charge in [0.05, 0.1) is 6.04 Å². The summed E-state index contributed by atoms with van der Waals surface area (Å²) in [6.45, 7) is 7.31. The number of likely N-dealkylation sites (tertiary alicyclic amines) is 2. The maximum atomic E-state index is 12.5. The largest absolute Gasteiger partial charge is 0.381 e. The molecule has 0 aromatic rings. The van der Waals surface area contributed by atoms with E-state index in [4.69, 9.17) is 4.74 Å². The molecule has 3 rings (SSSR count). The van der Waals surface area contributed by atoms with E-state index in [0.717, 1.165) is 65.0 Å². The van der Waals surface area contributed by atoms with Gasteiger partial charge in [0.2, 0.25) is 11.8 Å². The standard InChI is InChI=1S/C18H31N3O3/c1-2-7-21-13-15(12-17(21)22)19-18(23)14-3-8-20(9-4-14)16-5-10-24-11-6-16/h14-16H,2-13H2,1H3,(H,19,23)/t15-/m0/s1. The summed E-state index contributed by atoms with van der Waals surface area (Å²) in [7, 11) is 0. The Labute approximate surface area is 144 Å². The minimum atomic E-state index is 0.00470. The van der Waals surface area contributed by atoms with Gasteiger partial charge in [-0.2, -0.15) is 0 Å². The number of amides is 2. The van der Waals surface area contributed by atoms with Crippen molar-refractivity contribution >= 4 is 11.8 Å². The second kappa shape index (κ2) is 8.30. The summed E-state index contributed by atoms with van der Waals surface area (Å²) in [5.41, 5.74) is 0. The molecule has 2 amide bonds. The molecule has 24 heavy (non-hydrogen) atoms. The molecule has 6 heteroatoms. The van der Waals surface area contributed by atoms with Gasteiger partial charge in [0.25, 0.3) is 0 Å². The molecule has 136 valence electrons. The molecule has 0 aromatic heterocycles. The Kier molecular flexibility index (Phi) is 6.11. The van der Waals surface area contributed by atoms with E-state index in [2.05, 4.69) is 17.1 Å². The first-order valence-electron chi connectivity index (χ1n) is 9.57. The molecule has 3 saturated heterocycles. The average molecular weight is 337 g/mol. The third-order valence-corrected chi connectivity index (χ3v) is 5.66. The Bertz CT molecular complexity index is 443. The maximum absolute atomic E-state index is 12.5. The number of rotatable bonds is 5. The highest BCUT2D eigenvalue weighted by Gasteiger charge is 2.33. The third-order valence-electron chi connectivity index (χ3n) is 5.66. The number of carbonyl (C=O) groups is 2. The Morgan fingerprint density at radius 1 is 1.21 bits per heavy atom. The minimum absolute atomic E-state index is 0.00470. The molecule has 1 N–H and O–H groups in total. The van der Waals surface area contributed by atoms with E-state index in [1.165, 1.54) is 0 Å². The van der Waals surface area contributed by atoms with Crippen LogP contribution in [0.3, 0.4) is 0 Å². The molecule has 0 aromatic carbocycles. The number of carbonyl (C=O) groups excluding carboxylic acids is 2. The highest BCUT2D eigenvalue weighted by molar-refractivity contribution is 5.83. The van der Waals surface area contributed by atoms with E-state index in [1.807, 2.05) is 4.90 Å². The lowest BCUT2D eigenvalue weighted by molar-refractivity contribution is -0.127. The van der Waals surface area contributed by atoms with Crippen molar-refractivity contribution in [1.82, 2.24) is 15.1 Å². The summed E-state index contributed by atoms with van der Waals surface area (Å²) in [4.78, 5) is 28.8. The predicted octanol–water partition coefficient (Wildman–Crippen LogP) is 1.00. The third kappa shape index (κ3) is 4.28. The molecular weight excluding hydrogens is 306 g/mol. The van der Waals surface area contributed by atoms with Crippen LogP contribution in [0.15, 0.2) is 0 Å². The van der Waals surface area contributed by atoms with Gasteiger partial charge < -0.3 is 19.9 Å². The highest BCUT2D eigenvalue weighted by Crippen LogP contribution is 2.24. The molecule has 0 aliphatic carbocycles. The van der Waals surface area contributed by atoms with Crippen molar-refractivity contribution < 1.29 is 14.3 Å². The van der Waals surface area contributed by atoms with Gasteiger partial charge in [0, 0.05) is 44.7 Å². The summed E-state index contributed by atoms with van der Waals surface area (Å²) < 4.78 is 5.44. The maximum Gasteiger partial charge on any atom is 0.224 e. The SMILES string of the molecule is CCCN1C[C@@H](NC(=O)C2CCN(C3CCOCC3)CC2)CC1=O. The van der Waals surface area contributed by atoms with Crippen molar-refractivity contribution in [2.24, 2.45) is 5.92 Å². The number of hydrogen-bond acceptors (Lipinski definition) is 4. The average Bonchev–Trinajstić information content (AvgIpc) is 2.95. The molecule has 0 spiro atoms. The van der Waals surface area contributed by atoms with Gasteiger partial charge in [0.15, 0.2) is 0 Å². The van der Waals surface area contributed by atoms with Crippen LogP contribution in [0.5, 0.6) is 0 Å². The topological polar surface area (TPSA) is 61.9 Å². The molecule has 3 aliphatic heterocycles. The fraction of sp³-hybridized carbons (Fsp3) is 0.889. The van der Waals surface area contributed by atoms with Crippen LogP contribution in [0.25, 0.3) is 0 Å². The van der Waals surface area contributed by atoms with Gasteiger partial charge >= 0.3 is 0 Å². The van der Waals surface area contributed by atoms with Crippen molar-refractivity contribution in [2.75, 3.05) is 39.4 Å². The second-order valence-electron chi connectivity index (χ2n) is 7.40. The molecule has 0 saturated carbocycles. The highest BCUT2D eigenvalue weighted by atomic mass is 16.5. The zero-order chi connectivity index (χ0) is 16.9. The van der Waals surface area contributed by atoms with E-state index in [-0.39, 0.29) is 23.8 Å². The van der Waals surface area contributed by atoms with E-state index in [9.17, 15) is 9.59 Å². The minimum Gasteiger partial charge on any atom is -0.381 e. The first kappa shape index (κ1) is 17.7. The van der Waals surface area contributed by atoms with E-state index in [1.54, 1.807) is 0 Å². The number of nitrogens with zero attached hydrogens (tertiary/aromatic N) is 2. The first-order valence-corrected chi connectivity index (χ1v) is 9.57. The van der Waals surface area contributed by atoms with Crippen molar-refractivity contribution in [3.63, 3.8) is 0 Å². The van der Waals surface area contributed by atoms with Crippen LogP contribution < -0.4 is 5.32 Å². The lowest BCUT2D eigenvalue weighted by Gasteiger charge is -2.39. The lowest BCUT2D eigenvalue weighted by atomic mass is 9.93. The van der Waals surface area contributed by atoms with Crippen molar-refractivity contribution in [1.29, 1.82) is 0 Å². The van der Waals surface area contributed by atoms with Gasteiger partial charge in [-0.1, -0.05) is 6.92 Å². The summed E-state index contributed by atoms with van der Waals surface area (Å²) in [5, 5.41) is 3.12. The molecule has 3 heterocycles. The summed E-state index contributed by atoms with van der Waals surface area (Å²) in [6, 6.07) is 0.642. The van der Waals surface area contributed by atoms with Crippen LogP contribution in [0.1, 0.15) is 45.4 Å². The lowest BCUT2D eigenvalue weighted by Crippen LogP contribution is -2.48. The Morgan fingerprint density at radius 2 is 1.92 bits per heavy atom. The second-order valence-corrected chi connectivity index (χ2v) is 7.40. The molecular formula is C18H31N3O3. The van der Waals surface area contributed by atoms with Crippen LogP contribution in [-0.4, -0.2) is 73.1 Å². The van der Waals surface area contributed by atoms with E-state index in [0.29, 0.717) is 19.0 Å². The van der Waals surface area contributed by atoms with E-state index >= 15 is 0 Å². The molecule has 1 atom stereocenters. The molecule has 6 nitrogen and oxygen atoms in total. The molecule has 0 unspecified atom stereocenters. The molecule has 0 radical (unpaired) electrons. The molecule has 3 fully saturated rings. The number of nitrogens with one attached hydrogen (secondary N) is 1.